The highest BCUT2D eigenvalue weighted by molar-refractivity contribution is 5.91. The molecule has 7 N–H and O–H groups in total. The van der Waals surface area contributed by atoms with E-state index in [1.165, 1.54) is 0 Å². The summed E-state index contributed by atoms with van der Waals surface area (Å²) in [4.78, 5) is 27.5. The highest BCUT2D eigenvalue weighted by Crippen LogP contribution is 2.18. The number of hydrogen-bond acceptors (Lipinski definition) is 6. The van der Waals surface area contributed by atoms with Gasteiger partial charge in [-0.1, -0.05) is 42.5 Å². The number of nitrogens with two attached hydrogens (primary N) is 2. The molecular formula is C26H28N4O5. The number of carbonyl (C=O) groups is 2. The van der Waals surface area contributed by atoms with Crippen LogP contribution in [0.1, 0.15) is 27.9 Å². The zero-order chi connectivity index (χ0) is 25.2. The maximum atomic E-state index is 12.4. The predicted octanol–water partition coefficient (Wildman–Crippen LogP) is 2.35. The van der Waals surface area contributed by atoms with E-state index in [1.807, 2.05) is 30.3 Å². The van der Waals surface area contributed by atoms with Gasteiger partial charge in [0.1, 0.15) is 12.0 Å². The first-order valence-corrected chi connectivity index (χ1v) is 11.0. The molecular weight excluding hydrogens is 448 g/mol. The Labute approximate surface area is 203 Å². The van der Waals surface area contributed by atoms with E-state index in [0.717, 1.165) is 11.1 Å². The van der Waals surface area contributed by atoms with Crippen LogP contribution in [0.2, 0.25) is 0 Å². The number of hydrogen-bond donors (Lipinski definition) is 5. The number of aliphatic hydroxyl groups excluding tert-OH is 1. The van der Waals surface area contributed by atoms with E-state index in [0.29, 0.717) is 23.4 Å². The van der Waals surface area contributed by atoms with Gasteiger partial charge in [0, 0.05) is 12.5 Å². The molecule has 182 valence electrons. The SMILES string of the molecule is NC(N)=Nc1ccc(C(=O)Oc2ccc(CC(O)N[C@H](CC(=O)O)Cc3ccccc3)cc2)cc1. The van der Waals surface area contributed by atoms with Crippen LogP contribution in [0, 0.1) is 0 Å². The number of nitrogens with zero attached hydrogens (tertiary/aromatic N) is 1. The van der Waals surface area contributed by atoms with Gasteiger partial charge in [0.15, 0.2) is 5.96 Å². The van der Waals surface area contributed by atoms with Crippen LogP contribution >= 0.6 is 0 Å². The molecule has 0 amide bonds. The number of esters is 1. The summed E-state index contributed by atoms with van der Waals surface area (Å²) in [6, 6.07) is 22.1. The lowest BCUT2D eigenvalue weighted by Crippen LogP contribution is -2.42. The monoisotopic (exact) mass is 476 g/mol. The van der Waals surface area contributed by atoms with E-state index in [2.05, 4.69) is 10.3 Å². The Bertz CT molecular complexity index is 1140. The Balaban J connectivity index is 1.55. The van der Waals surface area contributed by atoms with Crippen molar-refractivity contribution >= 4 is 23.6 Å². The first-order chi connectivity index (χ1) is 16.8. The fraction of sp³-hybridized carbons (Fsp3) is 0.192. The number of ether oxygens (including phenoxy) is 1. The molecule has 0 spiro atoms. The Morgan fingerprint density at radius 1 is 0.886 bits per heavy atom. The molecule has 3 aromatic rings. The molecule has 35 heavy (non-hydrogen) atoms. The molecule has 0 heterocycles. The van der Waals surface area contributed by atoms with E-state index >= 15 is 0 Å². The molecule has 0 aliphatic carbocycles. The minimum atomic E-state index is -0.944. The summed E-state index contributed by atoms with van der Waals surface area (Å²) in [5.41, 5.74) is 13.3. The van der Waals surface area contributed by atoms with Crippen LogP contribution in [0.25, 0.3) is 0 Å². The van der Waals surface area contributed by atoms with Gasteiger partial charge in [-0.3, -0.25) is 10.1 Å². The summed E-state index contributed by atoms with van der Waals surface area (Å²) in [6.45, 7) is 0. The maximum Gasteiger partial charge on any atom is 0.343 e. The summed E-state index contributed by atoms with van der Waals surface area (Å²) in [6.07, 6.45) is -0.328. The van der Waals surface area contributed by atoms with E-state index < -0.39 is 24.2 Å². The molecule has 0 saturated heterocycles. The van der Waals surface area contributed by atoms with Crippen LogP contribution in [-0.4, -0.2) is 40.4 Å². The molecule has 0 saturated carbocycles. The second kappa shape index (κ2) is 12.3. The Morgan fingerprint density at radius 2 is 1.51 bits per heavy atom. The fourth-order valence-corrected chi connectivity index (χ4v) is 3.53. The Hall–Kier alpha value is -4.21. The van der Waals surface area contributed by atoms with Crippen molar-refractivity contribution < 1.29 is 24.5 Å². The van der Waals surface area contributed by atoms with Crippen molar-refractivity contribution in [1.29, 1.82) is 0 Å². The van der Waals surface area contributed by atoms with Gasteiger partial charge < -0.3 is 26.4 Å². The van der Waals surface area contributed by atoms with Crippen LogP contribution in [0.15, 0.2) is 83.9 Å². The van der Waals surface area contributed by atoms with Gasteiger partial charge in [-0.05, 0) is 53.9 Å². The summed E-state index contributed by atoms with van der Waals surface area (Å²) in [5, 5.41) is 22.7. The number of aliphatic imine (C=N–C) groups is 1. The minimum absolute atomic E-state index is 0.0747. The van der Waals surface area contributed by atoms with Crippen molar-refractivity contribution in [2.45, 2.75) is 31.5 Å². The number of nitrogens with one attached hydrogen (secondary N) is 1. The Kier molecular flexibility index (Phi) is 8.94. The van der Waals surface area contributed by atoms with Gasteiger partial charge in [0.25, 0.3) is 0 Å². The fourth-order valence-electron chi connectivity index (χ4n) is 3.53. The first-order valence-electron chi connectivity index (χ1n) is 11.0. The maximum absolute atomic E-state index is 12.4. The first kappa shape index (κ1) is 25.4. The minimum Gasteiger partial charge on any atom is -0.481 e. The lowest BCUT2D eigenvalue weighted by atomic mass is 10.0. The van der Waals surface area contributed by atoms with Crippen LogP contribution in [-0.2, 0) is 17.6 Å². The van der Waals surface area contributed by atoms with E-state index in [1.54, 1.807) is 48.5 Å². The molecule has 2 atom stereocenters. The topological polar surface area (TPSA) is 160 Å². The number of benzene rings is 3. The third-order valence-corrected chi connectivity index (χ3v) is 5.10. The normalized spacial score (nSPS) is 12.4. The number of carbonyl (C=O) groups excluding carboxylic acids is 1. The van der Waals surface area contributed by atoms with E-state index in [9.17, 15) is 19.8 Å². The van der Waals surface area contributed by atoms with Crippen molar-refractivity contribution in [1.82, 2.24) is 5.32 Å². The molecule has 0 aliphatic rings. The highest BCUT2D eigenvalue weighted by Gasteiger charge is 2.18. The van der Waals surface area contributed by atoms with Gasteiger partial charge in [-0.15, -0.1) is 0 Å². The lowest BCUT2D eigenvalue weighted by Gasteiger charge is -2.21. The standard InChI is InChI=1S/C26H28N4O5/c27-26(28)30-20-10-8-19(9-11-20)25(34)35-22-12-6-18(7-13-22)15-23(31)29-21(16-24(32)33)14-17-4-2-1-3-5-17/h1-13,21,23,29,31H,14-16H2,(H,32,33)(H4,27,28,30)/t21-,23?/m0/s1. The number of rotatable bonds is 11. The van der Waals surface area contributed by atoms with Gasteiger partial charge in [0.05, 0.1) is 17.7 Å². The van der Waals surface area contributed by atoms with Crippen LogP contribution in [0.4, 0.5) is 5.69 Å². The molecule has 0 fully saturated rings. The van der Waals surface area contributed by atoms with Gasteiger partial charge in [-0.25, -0.2) is 9.79 Å². The third kappa shape index (κ3) is 8.58. The van der Waals surface area contributed by atoms with Crippen molar-refractivity contribution in [3.63, 3.8) is 0 Å². The lowest BCUT2D eigenvalue weighted by molar-refractivity contribution is -0.137. The third-order valence-electron chi connectivity index (χ3n) is 5.10. The average molecular weight is 477 g/mol. The Morgan fingerprint density at radius 3 is 2.11 bits per heavy atom. The summed E-state index contributed by atoms with van der Waals surface area (Å²) >= 11 is 0. The average Bonchev–Trinajstić information content (AvgIpc) is 2.80. The van der Waals surface area contributed by atoms with Crippen molar-refractivity contribution in [3.8, 4) is 5.75 Å². The zero-order valence-electron chi connectivity index (χ0n) is 19.0. The number of guanidine groups is 1. The molecule has 0 bridgehead atoms. The smallest absolute Gasteiger partial charge is 0.343 e. The summed E-state index contributed by atoms with van der Waals surface area (Å²) in [5.74, 6) is -1.20. The number of aliphatic hydroxyl groups is 1. The largest absolute Gasteiger partial charge is 0.481 e. The zero-order valence-corrected chi connectivity index (χ0v) is 19.0. The molecule has 0 aliphatic heterocycles. The molecule has 3 aromatic carbocycles. The second-order valence-electron chi connectivity index (χ2n) is 7.99. The van der Waals surface area contributed by atoms with Crippen molar-refractivity contribution in [2.75, 3.05) is 0 Å². The van der Waals surface area contributed by atoms with Crippen LogP contribution in [0.3, 0.4) is 0 Å². The second-order valence-corrected chi connectivity index (χ2v) is 7.99. The molecule has 0 aromatic heterocycles. The van der Waals surface area contributed by atoms with Crippen LogP contribution < -0.4 is 21.5 Å². The summed E-state index contributed by atoms with van der Waals surface area (Å²) in [7, 11) is 0. The molecule has 9 heteroatoms. The number of carboxylic acids is 1. The number of aliphatic carboxylic acids is 1. The number of carboxylic acid groups (broad SMARTS) is 1. The quantitative estimate of drug-likeness (QED) is 0.0927. The van der Waals surface area contributed by atoms with E-state index in [-0.39, 0.29) is 18.8 Å². The molecule has 3 rings (SSSR count). The van der Waals surface area contributed by atoms with Gasteiger partial charge >= 0.3 is 11.9 Å². The van der Waals surface area contributed by atoms with Gasteiger partial charge in [-0.2, -0.15) is 0 Å². The highest BCUT2D eigenvalue weighted by atomic mass is 16.5. The molecule has 9 nitrogen and oxygen atoms in total. The van der Waals surface area contributed by atoms with Gasteiger partial charge in [0.2, 0.25) is 0 Å². The molecule has 1 unspecified atom stereocenters. The summed E-state index contributed by atoms with van der Waals surface area (Å²) < 4.78 is 5.39. The predicted molar refractivity (Wildman–Crippen MR) is 132 cm³/mol. The van der Waals surface area contributed by atoms with Crippen molar-refractivity contribution in [3.05, 3.63) is 95.6 Å². The van der Waals surface area contributed by atoms with Crippen LogP contribution in [0.5, 0.6) is 5.75 Å². The van der Waals surface area contributed by atoms with Crippen molar-refractivity contribution in [2.24, 2.45) is 16.5 Å². The molecule has 0 radical (unpaired) electrons. The van der Waals surface area contributed by atoms with E-state index in [4.69, 9.17) is 16.2 Å².